The zero-order chi connectivity index (χ0) is 14.7. The van der Waals surface area contributed by atoms with Crippen LogP contribution in [-0.4, -0.2) is 41.5 Å². The molecule has 2 atom stereocenters. The second-order valence-corrected chi connectivity index (χ2v) is 5.94. The first-order valence-electron chi connectivity index (χ1n) is 6.46. The summed E-state index contributed by atoms with van der Waals surface area (Å²) in [5.41, 5.74) is -1.76. The van der Waals surface area contributed by atoms with E-state index in [2.05, 4.69) is 5.32 Å². The number of carbonyl (C=O) groups excluding carboxylic acids is 1. The highest BCUT2D eigenvalue weighted by Crippen LogP contribution is 2.31. The minimum Gasteiger partial charge on any atom is -0.479 e. The molecule has 0 radical (unpaired) electrons. The van der Waals surface area contributed by atoms with Gasteiger partial charge < -0.3 is 19.9 Å². The molecule has 1 rings (SSSR count). The predicted octanol–water partition coefficient (Wildman–Crippen LogP) is 1.92. The van der Waals surface area contributed by atoms with Gasteiger partial charge in [-0.2, -0.15) is 0 Å². The van der Waals surface area contributed by atoms with Crippen molar-refractivity contribution in [2.75, 3.05) is 7.11 Å². The lowest BCUT2D eigenvalue weighted by molar-refractivity contribution is -0.167. The van der Waals surface area contributed by atoms with E-state index in [1.165, 1.54) is 7.11 Å². The van der Waals surface area contributed by atoms with E-state index < -0.39 is 23.3 Å². The number of carboxylic acids is 1. The van der Waals surface area contributed by atoms with Crippen LogP contribution >= 0.6 is 0 Å². The Labute approximate surface area is 113 Å². The first kappa shape index (κ1) is 15.8. The molecule has 2 N–H and O–H groups in total. The lowest BCUT2D eigenvalue weighted by Crippen LogP contribution is -2.51. The van der Waals surface area contributed by atoms with Gasteiger partial charge in [0.2, 0.25) is 0 Å². The molecule has 1 aliphatic carbocycles. The molecule has 1 fully saturated rings. The van der Waals surface area contributed by atoms with Crippen molar-refractivity contribution in [1.82, 2.24) is 5.32 Å². The zero-order valence-corrected chi connectivity index (χ0v) is 12.0. The highest BCUT2D eigenvalue weighted by Gasteiger charge is 2.43. The number of hydrogen-bond acceptors (Lipinski definition) is 4. The van der Waals surface area contributed by atoms with Crippen LogP contribution in [0.15, 0.2) is 0 Å². The molecule has 0 aromatic rings. The first-order valence-corrected chi connectivity index (χ1v) is 6.46. The average molecular weight is 273 g/mol. The molecule has 0 bridgehead atoms. The van der Waals surface area contributed by atoms with Crippen LogP contribution in [0.4, 0.5) is 4.79 Å². The minimum absolute atomic E-state index is 0.236. The fourth-order valence-electron chi connectivity index (χ4n) is 2.30. The highest BCUT2D eigenvalue weighted by atomic mass is 16.6. The summed E-state index contributed by atoms with van der Waals surface area (Å²) >= 11 is 0. The Morgan fingerprint density at radius 3 is 2.47 bits per heavy atom. The zero-order valence-electron chi connectivity index (χ0n) is 12.0. The lowest BCUT2D eigenvalue weighted by atomic mass is 9.81. The molecule has 1 aliphatic rings. The van der Waals surface area contributed by atoms with Gasteiger partial charge in [-0.15, -0.1) is 0 Å². The molecule has 0 heterocycles. The Balaban J connectivity index is 2.61. The number of rotatable bonds is 3. The van der Waals surface area contributed by atoms with Crippen molar-refractivity contribution in [3.05, 3.63) is 0 Å². The molecular weight excluding hydrogens is 250 g/mol. The molecule has 2 unspecified atom stereocenters. The van der Waals surface area contributed by atoms with Crippen molar-refractivity contribution in [3.8, 4) is 0 Å². The van der Waals surface area contributed by atoms with E-state index in [4.69, 9.17) is 9.47 Å². The van der Waals surface area contributed by atoms with Gasteiger partial charge in [0, 0.05) is 19.6 Å². The highest BCUT2D eigenvalue weighted by molar-refractivity contribution is 5.78. The third-order valence-electron chi connectivity index (χ3n) is 3.21. The van der Waals surface area contributed by atoms with Crippen LogP contribution in [0.5, 0.6) is 0 Å². The summed E-state index contributed by atoms with van der Waals surface area (Å²) in [4.78, 5) is 23.0. The van der Waals surface area contributed by atoms with Gasteiger partial charge in [-0.25, -0.2) is 9.59 Å². The second kappa shape index (κ2) is 5.77. The monoisotopic (exact) mass is 273 g/mol. The average Bonchev–Trinajstić information content (AvgIpc) is 2.26. The van der Waals surface area contributed by atoms with Crippen LogP contribution in [0.1, 0.15) is 46.5 Å². The number of hydrogen-bond donors (Lipinski definition) is 2. The molecule has 110 valence electrons. The van der Waals surface area contributed by atoms with Gasteiger partial charge in [0.15, 0.2) is 5.60 Å². The molecule has 0 aliphatic heterocycles. The number of ether oxygens (including phenoxy) is 2. The van der Waals surface area contributed by atoms with Gasteiger partial charge >= 0.3 is 12.1 Å². The van der Waals surface area contributed by atoms with Crippen molar-refractivity contribution in [1.29, 1.82) is 0 Å². The molecule has 19 heavy (non-hydrogen) atoms. The van der Waals surface area contributed by atoms with Gasteiger partial charge in [0.25, 0.3) is 0 Å². The van der Waals surface area contributed by atoms with Gasteiger partial charge in [-0.05, 0) is 40.0 Å². The summed E-state index contributed by atoms with van der Waals surface area (Å²) in [6.07, 6.45) is 1.64. The number of alkyl carbamates (subject to hydrolysis) is 1. The normalized spacial score (nSPS) is 27.7. The third-order valence-corrected chi connectivity index (χ3v) is 3.21. The van der Waals surface area contributed by atoms with E-state index in [1.807, 2.05) is 0 Å². The number of carboxylic acid groups (broad SMARTS) is 1. The summed E-state index contributed by atoms with van der Waals surface area (Å²) < 4.78 is 10.3. The van der Waals surface area contributed by atoms with Crippen LogP contribution in [0.2, 0.25) is 0 Å². The lowest BCUT2D eigenvalue weighted by Gasteiger charge is -2.36. The quantitative estimate of drug-likeness (QED) is 0.820. The largest absolute Gasteiger partial charge is 0.479 e. The molecule has 1 saturated carbocycles. The Bertz CT molecular complexity index is 349. The molecule has 0 aromatic carbocycles. The fraction of sp³-hybridized carbons (Fsp3) is 0.846. The van der Waals surface area contributed by atoms with Crippen LogP contribution < -0.4 is 5.32 Å². The van der Waals surface area contributed by atoms with Crippen LogP contribution in [0.25, 0.3) is 0 Å². The third kappa shape index (κ3) is 4.38. The van der Waals surface area contributed by atoms with E-state index in [0.29, 0.717) is 12.8 Å². The Morgan fingerprint density at radius 1 is 1.37 bits per heavy atom. The maximum absolute atomic E-state index is 11.7. The molecule has 0 aromatic heterocycles. The Hall–Kier alpha value is -1.30. The molecular formula is C13H23NO5. The Morgan fingerprint density at radius 2 is 2.00 bits per heavy atom. The molecule has 1 amide bonds. The molecule has 6 heteroatoms. The summed E-state index contributed by atoms with van der Waals surface area (Å²) in [6.45, 7) is 5.35. The maximum atomic E-state index is 11.7. The topological polar surface area (TPSA) is 84.9 Å². The van der Waals surface area contributed by atoms with Crippen molar-refractivity contribution < 1.29 is 24.2 Å². The Kier molecular flexibility index (Phi) is 4.79. The molecule has 0 saturated heterocycles. The van der Waals surface area contributed by atoms with Crippen LogP contribution in [0.3, 0.4) is 0 Å². The number of nitrogens with one attached hydrogen (secondary N) is 1. The number of carbonyl (C=O) groups is 2. The number of methoxy groups -OCH3 is 1. The van der Waals surface area contributed by atoms with Gasteiger partial charge in [-0.3, -0.25) is 0 Å². The van der Waals surface area contributed by atoms with Gasteiger partial charge in [0.05, 0.1) is 0 Å². The van der Waals surface area contributed by atoms with Crippen molar-refractivity contribution >= 4 is 12.1 Å². The summed E-state index contributed by atoms with van der Waals surface area (Å²) in [6, 6.07) is -0.236. The van der Waals surface area contributed by atoms with Gasteiger partial charge in [0.1, 0.15) is 5.60 Å². The van der Waals surface area contributed by atoms with Crippen LogP contribution in [-0.2, 0) is 14.3 Å². The smallest absolute Gasteiger partial charge is 0.407 e. The van der Waals surface area contributed by atoms with E-state index >= 15 is 0 Å². The van der Waals surface area contributed by atoms with E-state index in [0.717, 1.165) is 6.42 Å². The molecule has 6 nitrogen and oxygen atoms in total. The number of aliphatic carboxylic acids is 1. The van der Waals surface area contributed by atoms with Gasteiger partial charge in [-0.1, -0.05) is 0 Å². The summed E-state index contributed by atoms with van der Waals surface area (Å²) in [5, 5.41) is 12.0. The van der Waals surface area contributed by atoms with Crippen molar-refractivity contribution in [2.24, 2.45) is 0 Å². The van der Waals surface area contributed by atoms with E-state index in [9.17, 15) is 14.7 Å². The van der Waals surface area contributed by atoms with Crippen molar-refractivity contribution in [3.63, 3.8) is 0 Å². The maximum Gasteiger partial charge on any atom is 0.407 e. The van der Waals surface area contributed by atoms with E-state index in [-0.39, 0.29) is 12.5 Å². The fourth-order valence-corrected chi connectivity index (χ4v) is 2.30. The standard InChI is InChI=1S/C13H23NO5/c1-12(2,3)19-11(17)14-9-6-5-7-13(8-9,18-4)10(15)16/h9H,5-8H2,1-4H3,(H,14,17)(H,15,16). The first-order chi connectivity index (χ1) is 8.68. The van der Waals surface area contributed by atoms with E-state index in [1.54, 1.807) is 20.8 Å². The van der Waals surface area contributed by atoms with Crippen molar-refractivity contribution in [2.45, 2.75) is 63.7 Å². The predicted molar refractivity (Wildman–Crippen MR) is 69.0 cm³/mol. The van der Waals surface area contributed by atoms with Crippen LogP contribution in [0, 0.1) is 0 Å². The SMILES string of the molecule is COC1(C(=O)O)CCCC(NC(=O)OC(C)(C)C)C1. The molecule has 0 spiro atoms. The summed E-state index contributed by atoms with van der Waals surface area (Å²) in [7, 11) is 1.39. The second-order valence-electron chi connectivity index (χ2n) is 5.94. The minimum atomic E-state index is -1.20. The number of amides is 1. The summed E-state index contributed by atoms with van der Waals surface area (Å²) in [5.74, 6) is -0.981.